The number of aldehydes is 1. The van der Waals surface area contributed by atoms with Gasteiger partial charge in [-0.2, -0.15) is 0 Å². The van der Waals surface area contributed by atoms with Gasteiger partial charge < -0.3 is 29.7 Å². The average Bonchev–Trinajstić information content (AvgIpc) is 3.17. The van der Waals surface area contributed by atoms with Crippen LogP contribution in [0.3, 0.4) is 0 Å². The van der Waals surface area contributed by atoms with E-state index in [9.17, 15) is 19.2 Å². The van der Waals surface area contributed by atoms with Crippen molar-refractivity contribution < 1.29 is 33.4 Å². The van der Waals surface area contributed by atoms with Crippen LogP contribution in [0, 0.1) is 5.92 Å². The number of rotatable bonds is 13. The van der Waals surface area contributed by atoms with Crippen molar-refractivity contribution in [2.75, 3.05) is 45.2 Å². The molecule has 0 spiro atoms. The lowest BCUT2D eigenvalue weighted by Crippen LogP contribution is -2.52. The van der Waals surface area contributed by atoms with Gasteiger partial charge in [0.1, 0.15) is 31.4 Å². The van der Waals surface area contributed by atoms with Gasteiger partial charge >= 0.3 is 18.1 Å². The number of hydrogen-bond acceptors (Lipinski definition) is 8. The number of fused-ring (bicyclic) bond motifs is 3. The number of nitrogens with one attached hydrogen (secondary N) is 2. The minimum absolute atomic E-state index is 0.0181. The van der Waals surface area contributed by atoms with Crippen LogP contribution in [0.15, 0.2) is 103 Å². The van der Waals surface area contributed by atoms with Crippen LogP contribution in [0.2, 0.25) is 0 Å². The summed E-state index contributed by atoms with van der Waals surface area (Å²) in [6.07, 6.45) is 2.34. The van der Waals surface area contributed by atoms with Crippen LogP contribution in [0.5, 0.6) is 5.75 Å². The van der Waals surface area contributed by atoms with Gasteiger partial charge in [-0.15, -0.1) is 0 Å². The highest BCUT2D eigenvalue weighted by molar-refractivity contribution is 5.90. The first kappa shape index (κ1) is 35.2. The molecule has 3 aliphatic rings. The van der Waals surface area contributed by atoms with Crippen molar-refractivity contribution in [3.63, 3.8) is 0 Å². The molecule has 3 amide bonds. The Bertz CT molecular complexity index is 1790. The molecule has 11 heteroatoms. The summed E-state index contributed by atoms with van der Waals surface area (Å²) < 4.78 is 17.4. The van der Waals surface area contributed by atoms with Crippen LogP contribution in [0.4, 0.5) is 15.3 Å². The molecular weight excluding hydrogens is 648 g/mol. The minimum atomic E-state index is -0.500. The van der Waals surface area contributed by atoms with E-state index in [1.807, 2.05) is 54.6 Å². The third kappa shape index (κ3) is 9.52. The van der Waals surface area contributed by atoms with E-state index < -0.39 is 18.1 Å². The molecule has 2 atom stereocenters. The molecule has 4 aromatic carbocycles. The van der Waals surface area contributed by atoms with Gasteiger partial charge in [0.05, 0.1) is 18.2 Å². The molecule has 0 unspecified atom stereocenters. The Balaban J connectivity index is 0.989. The Morgan fingerprint density at radius 1 is 0.902 bits per heavy atom. The highest BCUT2D eigenvalue weighted by Gasteiger charge is 2.37. The Hall–Kier alpha value is -5.68. The minimum Gasteiger partial charge on any atom is -0.489 e. The Morgan fingerprint density at radius 2 is 1.63 bits per heavy atom. The number of alkyl carbamates (subject to hydrolysis) is 1. The lowest BCUT2D eigenvalue weighted by molar-refractivity contribution is -0.0336. The first-order valence-electron chi connectivity index (χ1n) is 17.2. The molecule has 0 radical (unpaired) electrons. The molecule has 3 aliphatic heterocycles. The topological polar surface area (TPSA) is 127 Å². The SMILES string of the molecule is CN(CCOC(=O)c1ccc(COc2cccc([C@@H](NC(=O)O[C@H]3CN4CCC3CC4)c3ccccc3)c2)cc1)C(=O)Nc1ccc(C=O)cc1. The van der Waals surface area contributed by atoms with Crippen molar-refractivity contribution in [3.8, 4) is 5.75 Å². The molecule has 11 nitrogen and oxygen atoms in total. The molecule has 51 heavy (non-hydrogen) atoms. The van der Waals surface area contributed by atoms with Crippen LogP contribution in [-0.4, -0.2) is 80.1 Å². The molecule has 2 bridgehead atoms. The quantitative estimate of drug-likeness (QED) is 0.124. The van der Waals surface area contributed by atoms with Gasteiger partial charge in [-0.05, 0) is 97.1 Å². The molecule has 7 rings (SSSR count). The van der Waals surface area contributed by atoms with Crippen molar-refractivity contribution in [1.82, 2.24) is 15.1 Å². The van der Waals surface area contributed by atoms with Gasteiger partial charge in [0, 0.05) is 24.8 Å². The van der Waals surface area contributed by atoms with Gasteiger partial charge in [-0.3, -0.25) is 9.69 Å². The number of carbonyl (C=O) groups is 4. The smallest absolute Gasteiger partial charge is 0.408 e. The van der Waals surface area contributed by atoms with Crippen molar-refractivity contribution in [1.29, 1.82) is 0 Å². The summed E-state index contributed by atoms with van der Waals surface area (Å²) in [7, 11) is 1.60. The maximum absolute atomic E-state index is 13.2. The van der Waals surface area contributed by atoms with E-state index in [2.05, 4.69) is 15.5 Å². The Kier molecular flexibility index (Phi) is 11.6. The molecule has 3 heterocycles. The maximum atomic E-state index is 13.2. The second kappa shape index (κ2) is 16.8. The van der Waals surface area contributed by atoms with Gasteiger partial charge in [0.15, 0.2) is 0 Å². The fraction of sp³-hybridized carbons (Fsp3) is 0.300. The Morgan fingerprint density at radius 3 is 2.31 bits per heavy atom. The third-order valence-electron chi connectivity index (χ3n) is 9.34. The van der Waals surface area contributed by atoms with E-state index >= 15 is 0 Å². The summed E-state index contributed by atoms with van der Waals surface area (Å²) in [5, 5.41) is 5.83. The summed E-state index contributed by atoms with van der Waals surface area (Å²) in [6.45, 7) is 3.42. The molecule has 4 aromatic rings. The first-order chi connectivity index (χ1) is 24.8. The van der Waals surface area contributed by atoms with Gasteiger partial charge in [0.2, 0.25) is 0 Å². The second-order valence-corrected chi connectivity index (χ2v) is 12.9. The fourth-order valence-electron chi connectivity index (χ4n) is 6.35. The monoisotopic (exact) mass is 690 g/mol. The zero-order valence-electron chi connectivity index (χ0n) is 28.5. The summed E-state index contributed by atoms with van der Waals surface area (Å²) in [5.41, 5.74) is 4.09. The van der Waals surface area contributed by atoms with Crippen molar-refractivity contribution in [2.24, 2.45) is 5.92 Å². The molecule has 3 saturated heterocycles. The standard InChI is InChI=1S/C40H42N4O7/c1-43(39(47)41-34-16-12-28(26-45)13-17-34)22-23-49-38(46)32-14-10-29(11-15-32)27-50-35-9-5-8-33(24-35)37(31-6-3-2-4-7-31)42-40(48)51-36-25-44-20-18-30(36)19-21-44/h2-17,24,26,30,36-37H,18-23,25,27H2,1H3,(H,41,47)(H,42,48)/t36-,37-/m0/s1. The molecule has 3 fully saturated rings. The molecule has 2 N–H and O–H groups in total. The number of urea groups is 1. The van der Waals surface area contributed by atoms with E-state index in [4.69, 9.17) is 14.2 Å². The van der Waals surface area contributed by atoms with Gasteiger partial charge in [-0.25, -0.2) is 14.4 Å². The van der Waals surface area contributed by atoms with Gasteiger partial charge in [0.25, 0.3) is 0 Å². The molecule has 0 aliphatic carbocycles. The van der Waals surface area contributed by atoms with E-state index in [0.717, 1.165) is 55.5 Å². The van der Waals surface area contributed by atoms with E-state index in [1.165, 1.54) is 4.90 Å². The Labute approximate surface area is 297 Å². The van der Waals surface area contributed by atoms with E-state index in [1.54, 1.807) is 55.6 Å². The second-order valence-electron chi connectivity index (χ2n) is 12.9. The van der Waals surface area contributed by atoms with E-state index in [0.29, 0.717) is 28.5 Å². The number of carbonyl (C=O) groups excluding carboxylic acids is 4. The summed E-state index contributed by atoms with van der Waals surface area (Å²) in [4.78, 5) is 52.8. The lowest BCUT2D eigenvalue weighted by atomic mass is 9.86. The molecule has 0 aromatic heterocycles. The number of ether oxygens (including phenoxy) is 3. The largest absolute Gasteiger partial charge is 0.489 e. The van der Waals surface area contributed by atoms with Crippen molar-refractivity contribution in [3.05, 3.63) is 131 Å². The van der Waals surface area contributed by atoms with Crippen molar-refractivity contribution in [2.45, 2.75) is 31.6 Å². The number of amides is 3. The van der Waals surface area contributed by atoms with Crippen LogP contribution < -0.4 is 15.4 Å². The summed E-state index contributed by atoms with van der Waals surface area (Å²) in [5.74, 6) is 0.553. The third-order valence-corrected chi connectivity index (χ3v) is 9.34. The van der Waals surface area contributed by atoms with Crippen molar-refractivity contribution >= 4 is 30.1 Å². The van der Waals surface area contributed by atoms with Crippen LogP contribution >= 0.6 is 0 Å². The summed E-state index contributed by atoms with van der Waals surface area (Å²) in [6, 6.07) is 30.1. The predicted octanol–water partition coefficient (Wildman–Crippen LogP) is 6.31. The average molecular weight is 691 g/mol. The van der Waals surface area contributed by atoms with Crippen LogP contribution in [0.1, 0.15) is 56.3 Å². The normalized spacial score (nSPS) is 18.2. The maximum Gasteiger partial charge on any atom is 0.408 e. The summed E-state index contributed by atoms with van der Waals surface area (Å²) >= 11 is 0. The zero-order valence-corrected chi connectivity index (χ0v) is 28.5. The molecule has 264 valence electrons. The number of anilines is 1. The predicted molar refractivity (Wildman–Crippen MR) is 192 cm³/mol. The highest BCUT2D eigenvalue weighted by atomic mass is 16.6. The number of piperidine rings is 3. The number of hydrogen-bond donors (Lipinski definition) is 2. The molecular formula is C40H42N4O7. The van der Waals surface area contributed by atoms with Crippen LogP contribution in [-0.2, 0) is 16.1 Å². The molecule has 0 saturated carbocycles. The first-order valence-corrected chi connectivity index (χ1v) is 17.2. The lowest BCUT2D eigenvalue weighted by Gasteiger charge is -2.43. The number of esters is 1. The number of nitrogens with zero attached hydrogens (tertiary/aromatic N) is 2. The number of likely N-dealkylation sites (N-methyl/N-ethyl adjacent to an activating group) is 1. The van der Waals surface area contributed by atoms with Gasteiger partial charge in [-0.1, -0.05) is 54.6 Å². The fourth-order valence-corrected chi connectivity index (χ4v) is 6.35. The zero-order chi connectivity index (χ0) is 35.6. The van der Waals surface area contributed by atoms with Crippen LogP contribution in [0.25, 0.3) is 0 Å². The highest BCUT2D eigenvalue weighted by Crippen LogP contribution is 2.31. The number of benzene rings is 4. The van der Waals surface area contributed by atoms with E-state index in [-0.39, 0.29) is 31.9 Å².